The Morgan fingerprint density at radius 2 is 1.81 bits per heavy atom. The van der Waals surface area contributed by atoms with E-state index in [1.165, 1.54) is 0 Å². The maximum Gasteiger partial charge on any atom is 0.258 e. The molecule has 0 aliphatic rings. The molecule has 0 radical (unpaired) electrons. The number of hydrogen-bond donors (Lipinski definition) is 2. The van der Waals surface area contributed by atoms with Gasteiger partial charge in [-0.25, -0.2) is 4.98 Å². The van der Waals surface area contributed by atoms with Crippen molar-refractivity contribution in [1.29, 1.82) is 0 Å². The predicted molar refractivity (Wildman–Crippen MR) is 100 cm³/mol. The van der Waals surface area contributed by atoms with Crippen molar-refractivity contribution in [2.24, 2.45) is 5.92 Å². The van der Waals surface area contributed by atoms with Crippen molar-refractivity contribution < 1.29 is 14.3 Å². The van der Waals surface area contributed by atoms with Crippen LogP contribution in [0.5, 0.6) is 11.5 Å². The lowest BCUT2D eigenvalue weighted by atomic mass is 10.0. The SMILES string of the molecule is COc1ccccc1OCC(=O)N[C@H](c1nc2ccccc2[nH]1)C(C)C. The van der Waals surface area contributed by atoms with Crippen molar-refractivity contribution in [3.63, 3.8) is 0 Å². The molecule has 0 bridgehead atoms. The number of nitrogens with zero attached hydrogens (tertiary/aromatic N) is 1. The summed E-state index contributed by atoms with van der Waals surface area (Å²) in [5, 5.41) is 3.00. The van der Waals surface area contributed by atoms with Gasteiger partial charge in [0.15, 0.2) is 18.1 Å². The average Bonchev–Trinajstić information content (AvgIpc) is 3.08. The number of para-hydroxylation sites is 4. The Hall–Kier alpha value is -3.02. The van der Waals surface area contributed by atoms with Crippen LogP contribution in [-0.4, -0.2) is 29.6 Å². The standard InChI is InChI=1S/C20H23N3O3/c1-13(2)19(20-21-14-8-4-5-9-15(14)22-20)23-18(24)12-26-17-11-7-6-10-16(17)25-3/h4-11,13,19H,12H2,1-3H3,(H,21,22)(H,23,24)/t19-/m0/s1. The normalized spacial score (nSPS) is 12.2. The molecule has 136 valence electrons. The zero-order valence-electron chi connectivity index (χ0n) is 15.2. The van der Waals surface area contributed by atoms with E-state index in [1.54, 1.807) is 19.2 Å². The van der Waals surface area contributed by atoms with Crippen LogP contribution in [0, 0.1) is 5.92 Å². The topological polar surface area (TPSA) is 76.2 Å². The first kappa shape index (κ1) is 17.8. The molecule has 2 N–H and O–H groups in total. The Bertz CT molecular complexity index is 856. The number of rotatable bonds is 7. The monoisotopic (exact) mass is 353 g/mol. The molecule has 6 nitrogen and oxygen atoms in total. The summed E-state index contributed by atoms with van der Waals surface area (Å²) in [5.41, 5.74) is 1.83. The summed E-state index contributed by atoms with van der Waals surface area (Å²) in [6, 6.07) is 14.8. The summed E-state index contributed by atoms with van der Waals surface area (Å²) in [6.45, 7) is 3.99. The van der Waals surface area contributed by atoms with Crippen LogP contribution in [0.15, 0.2) is 48.5 Å². The number of carbonyl (C=O) groups excluding carboxylic acids is 1. The first-order valence-electron chi connectivity index (χ1n) is 8.58. The summed E-state index contributed by atoms with van der Waals surface area (Å²) >= 11 is 0. The number of aromatic nitrogens is 2. The molecule has 1 amide bonds. The second kappa shape index (κ2) is 7.91. The van der Waals surface area contributed by atoms with E-state index in [4.69, 9.17) is 9.47 Å². The zero-order chi connectivity index (χ0) is 18.5. The van der Waals surface area contributed by atoms with E-state index in [1.807, 2.05) is 50.2 Å². The van der Waals surface area contributed by atoms with Crippen molar-refractivity contribution in [3.05, 3.63) is 54.4 Å². The third-order valence-electron chi connectivity index (χ3n) is 4.11. The molecule has 1 heterocycles. The minimum atomic E-state index is -0.226. The van der Waals surface area contributed by atoms with Crippen LogP contribution in [0.3, 0.4) is 0 Å². The number of aromatic amines is 1. The van der Waals surface area contributed by atoms with Gasteiger partial charge in [-0.2, -0.15) is 0 Å². The first-order valence-corrected chi connectivity index (χ1v) is 8.58. The minimum Gasteiger partial charge on any atom is -0.493 e. The van der Waals surface area contributed by atoms with Gasteiger partial charge in [0, 0.05) is 0 Å². The zero-order valence-corrected chi connectivity index (χ0v) is 15.2. The number of carbonyl (C=O) groups is 1. The highest BCUT2D eigenvalue weighted by Crippen LogP contribution is 2.26. The number of amides is 1. The number of methoxy groups -OCH3 is 1. The molecular weight excluding hydrogens is 330 g/mol. The van der Waals surface area contributed by atoms with Gasteiger partial charge in [-0.05, 0) is 30.2 Å². The van der Waals surface area contributed by atoms with Gasteiger partial charge in [0.2, 0.25) is 0 Å². The van der Waals surface area contributed by atoms with E-state index in [-0.39, 0.29) is 24.5 Å². The molecule has 3 rings (SSSR count). The molecule has 3 aromatic rings. The fourth-order valence-corrected chi connectivity index (χ4v) is 2.77. The van der Waals surface area contributed by atoms with Crippen LogP contribution in [0.4, 0.5) is 0 Å². The van der Waals surface area contributed by atoms with Gasteiger partial charge in [-0.3, -0.25) is 4.79 Å². The van der Waals surface area contributed by atoms with E-state index >= 15 is 0 Å². The molecule has 0 fully saturated rings. The van der Waals surface area contributed by atoms with E-state index in [2.05, 4.69) is 15.3 Å². The van der Waals surface area contributed by atoms with Gasteiger partial charge >= 0.3 is 0 Å². The molecule has 0 aliphatic heterocycles. The Balaban J connectivity index is 1.68. The quantitative estimate of drug-likeness (QED) is 0.682. The number of imidazole rings is 1. The molecule has 0 spiro atoms. The predicted octanol–water partition coefficient (Wildman–Crippen LogP) is 3.46. The van der Waals surface area contributed by atoms with E-state index in [0.29, 0.717) is 11.5 Å². The van der Waals surface area contributed by atoms with Crippen molar-refractivity contribution in [3.8, 4) is 11.5 Å². The van der Waals surface area contributed by atoms with Crippen LogP contribution in [0.25, 0.3) is 11.0 Å². The van der Waals surface area contributed by atoms with Crippen LogP contribution in [0.1, 0.15) is 25.7 Å². The van der Waals surface area contributed by atoms with Gasteiger partial charge in [0.1, 0.15) is 5.82 Å². The average molecular weight is 353 g/mol. The highest BCUT2D eigenvalue weighted by Gasteiger charge is 2.22. The molecule has 0 saturated carbocycles. The Kier molecular flexibility index (Phi) is 5.41. The largest absolute Gasteiger partial charge is 0.493 e. The molecule has 0 unspecified atom stereocenters. The lowest BCUT2D eigenvalue weighted by Crippen LogP contribution is -2.35. The molecular formula is C20H23N3O3. The number of ether oxygens (including phenoxy) is 2. The Labute approximate surface area is 152 Å². The Morgan fingerprint density at radius 1 is 1.12 bits per heavy atom. The molecule has 0 aliphatic carbocycles. The van der Waals surface area contributed by atoms with Crippen molar-refractivity contribution in [1.82, 2.24) is 15.3 Å². The van der Waals surface area contributed by atoms with E-state index in [9.17, 15) is 4.79 Å². The first-order chi connectivity index (χ1) is 12.6. The van der Waals surface area contributed by atoms with Crippen LogP contribution >= 0.6 is 0 Å². The Morgan fingerprint density at radius 3 is 2.50 bits per heavy atom. The number of nitrogens with one attached hydrogen (secondary N) is 2. The molecule has 2 aromatic carbocycles. The third kappa shape index (κ3) is 3.96. The lowest BCUT2D eigenvalue weighted by molar-refractivity contribution is -0.124. The smallest absolute Gasteiger partial charge is 0.258 e. The number of hydrogen-bond acceptors (Lipinski definition) is 4. The van der Waals surface area contributed by atoms with Gasteiger partial charge in [-0.15, -0.1) is 0 Å². The van der Waals surface area contributed by atoms with Gasteiger partial charge < -0.3 is 19.8 Å². The number of benzene rings is 2. The maximum absolute atomic E-state index is 12.4. The summed E-state index contributed by atoms with van der Waals surface area (Å²) < 4.78 is 10.8. The highest BCUT2D eigenvalue weighted by atomic mass is 16.5. The fourth-order valence-electron chi connectivity index (χ4n) is 2.77. The van der Waals surface area contributed by atoms with E-state index in [0.717, 1.165) is 16.9 Å². The van der Waals surface area contributed by atoms with Crippen LogP contribution in [-0.2, 0) is 4.79 Å². The van der Waals surface area contributed by atoms with Crippen molar-refractivity contribution in [2.45, 2.75) is 19.9 Å². The molecule has 6 heteroatoms. The van der Waals surface area contributed by atoms with Gasteiger partial charge in [-0.1, -0.05) is 38.1 Å². The van der Waals surface area contributed by atoms with Crippen LogP contribution in [0.2, 0.25) is 0 Å². The summed E-state index contributed by atoms with van der Waals surface area (Å²) in [5.74, 6) is 1.83. The third-order valence-corrected chi connectivity index (χ3v) is 4.11. The van der Waals surface area contributed by atoms with Gasteiger partial charge in [0.25, 0.3) is 5.91 Å². The van der Waals surface area contributed by atoms with Crippen LogP contribution < -0.4 is 14.8 Å². The molecule has 1 atom stereocenters. The number of fused-ring (bicyclic) bond motifs is 1. The molecule has 0 saturated heterocycles. The summed E-state index contributed by atoms with van der Waals surface area (Å²) in [4.78, 5) is 20.3. The number of H-pyrrole nitrogens is 1. The molecule has 26 heavy (non-hydrogen) atoms. The van der Waals surface area contributed by atoms with Gasteiger partial charge in [0.05, 0.1) is 24.2 Å². The molecule has 1 aromatic heterocycles. The second-order valence-corrected chi connectivity index (χ2v) is 6.37. The lowest BCUT2D eigenvalue weighted by Gasteiger charge is -2.20. The minimum absolute atomic E-state index is 0.0934. The van der Waals surface area contributed by atoms with Crippen molar-refractivity contribution >= 4 is 16.9 Å². The van der Waals surface area contributed by atoms with Crippen molar-refractivity contribution in [2.75, 3.05) is 13.7 Å². The second-order valence-electron chi connectivity index (χ2n) is 6.37. The highest BCUT2D eigenvalue weighted by molar-refractivity contribution is 5.79. The maximum atomic E-state index is 12.4. The summed E-state index contributed by atoms with van der Waals surface area (Å²) in [6.07, 6.45) is 0. The van der Waals surface area contributed by atoms with E-state index < -0.39 is 0 Å². The summed E-state index contributed by atoms with van der Waals surface area (Å²) in [7, 11) is 1.57. The fraction of sp³-hybridized carbons (Fsp3) is 0.300.